The molecule has 3 rings (SSSR count). The van der Waals surface area contributed by atoms with Crippen LogP contribution in [0.25, 0.3) is 21.6 Å². The van der Waals surface area contributed by atoms with E-state index in [9.17, 15) is 0 Å². The van der Waals surface area contributed by atoms with Crippen LogP contribution in [0.1, 0.15) is 11.8 Å². The third-order valence-corrected chi connectivity index (χ3v) is 4.29. The molecule has 0 saturated heterocycles. The number of nitrogens with one attached hydrogen (secondary N) is 1. The van der Waals surface area contributed by atoms with Crippen LogP contribution in [0.4, 0.5) is 5.82 Å². The number of fused-ring (bicyclic) bond motifs is 1. The van der Waals surface area contributed by atoms with Gasteiger partial charge in [-0.25, -0.2) is 9.97 Å². The lowest BCUT2D eigenvalue weighted by Crippen LogP contribution is -2.08. The first-order valence-corrected chi connectivity index (χ1v) is 7.69. The van der Waals surface area contributed by atoms with Crippen molar-refractivity contribution in [1.82, 2.24) is 15.0 Å². The summed E-state index contributed by atoms with van der Waals surface area (Å²) >= 11 is 1.68. The molecule has 21 heavy (non-hydrogen) atoms. The van der Waals surface area contributed by atoms with Crippen LogP contribution in [0.3, 0.4) is 0 Å². The summed E-state index contributed by atoms with van der Waals surface area (Å²) in [4.78, 5) is 15.6. The van der Waals surface area contributed by atoms with Gasteiger partial charge in [0.2, 0.25) is 0 Å². The normalized spacial score (nSPS) is 11.0. The molecule has 3 heterocycles. The molecule has 2 N–H and O–H groups in total. The van der Waals surface area contributed by atoms with Crippen LogP contribution < -0.4 is 5.32 Å². The molecule has 108 valence electrons. The van der Waals surface area contributed by atoms with Crippen LogP contribution in [-0.2, 0) is 6.42 Å². The molecular weight excluding hydrogens is 284 g/mol. The van der Waals surface area contributed by atoms with E-state index >= 15 is 0 Å². The van der Waals surface area contributed by atoms with Gasteiger partial charge >= 0.3 is 0 Å². The van der Waals surface area contributed by atoms with Gasteiger partial charge in [-0.1, -0.05) is 6.92 Å². The predicted molar refractivity (Wildman–Crippen MR) is 85.6 cm³/mol. The quantitative estimate of drug-likeness (QED) is 0.758. The number of aryl methyl sites for hydroxylation is 1. The van der Waals surface area contributed by atoms with Crippen LogP contribution in [-0.4, -0.2) is 33.2 Å². The van der Waals surface area contributed by atoms with Crippen LogP contribution in [0.5, 0.6) is 0 Å². The Bertz CT molecular complexity index is 742. The first kappa shape index (κ1) is 13.9. The molecule has 0 fully saturated rings. The van der Waals surface area contributed by atoms with Gasteiger partial charge in [0, 0.05) is 29.4 Å². The zero-order valence-corrected chi connectivity index (χ0v) is 12.5. The minimum Gasteiger partial charge on any atom is -0.395 e. The fourth-order valence-corrected chi connectivity index (χ4v) is 3.05. The molecule has 0 aliphatic heterocycles. The number of aliphatic hydroxyl groups is 1. The van der Waals surface area contributed by atoms with Gasteiger partial charge in [-0.3, -0.25) is 4.98 Å². The van der Waals surface area contributed by atoms with Crippen LogP contribution in [0.15, 0.2) is 30.6 Å². The second-order valence-corrected chi connectivity index (χ2v) is 5.69. The largest absolute Gasteiger partial charge is 0.395 e. The SMILES string of the molecule is CCc1cc2c(NCCO)nc(-c3cccnc3)nc2s1. The van der Waals surface area contributed by atoms with Crippen LogP contribution in [0, 0.1) is 0 Å². The zero-order valence-electron chi connectivity index (χ0n) is 11.7. The van der Waals surface area contributed by atoms with Crippen molar-refractivity contribution in [3.05, 3.63) is 35.5 Å². The zero-order chi connectivity index (χ0) is 14.7. The first-order chi connectivity index (χ1) is 10.3. The van der Waals surface area contributed by atoms with Crippen molar-refractivity contribution in [2.75, 3.05) is 18.5 Å². The molecule has 0 amide bonds. The van der Waals surface area contributed by atoms with Crippen molar-refractivity contribution in [2.24, 2.45) is 0 Å². The van der Waals surface area contributed by atoms with Crippen LogP contribution >= 0.6 is 11.3 Å². The lowest BCUT2D eigenvalue weighted by molar-refractivity contribution is 0.311. The molecule has 0 saturated carbocycles. The second-order valence-electron chi connectivity index (χ2n) is 4.57. The molecule has 3 aromatic rings. The number of hydrogen-bond donors (Lipinski definition) is 2. The van der Waals surface area contributed by atoms with E-state index in [0.29, 0.717) is 12.4 Å². The van der Waals surface area contributed by atoms with Gasteiger partial charge in [-0.2, -0.15) is 0 Å². The van der Waals surface area contributed by atoms with Crippen molar-refractivity contribution in [3.63, 3.8) is 0 Å². The number of aromatic nitrogens is 3. The first-order valence-electron chi connectivity index (χ1n) is 6.87. The van der Waals surface area contributed by atoms with E-state index in [1.54, 1.807) is 23.7 Å². The van der Waals surface area contributed by atoms with E-state index in [4.69, 9.17) is 5.11 Å². The second kappa shape index (κ2) is 6.15. The number of nitrogens with zero attached hydrogens (tertiary/aromatic N) is 3. The Hall–Kier alpha value is -2.05. The Morgan fingerprint density at radius 3 is 2.95 bits per heavy atom. The summed E-state index contributed by atoms with van der Waals surface area (Å²) in [5.41, 5.74) is 0.887. The Balaban J connectivity index is 2.13. The molecule has 3 aromatic heterocycles. The average molecular weight is 300 g/mol. The Morgan fingerprint density at radius 2 is 2.24 bits per heavy atom. The summed E-state index contributed by atoms with van der Waals surface area (Å²) in [6.07, 6.45) is 4.46. The number of pyridine rings is 1. The standard InChI is InChI=1S/C15H16N4OS/c1-2-11-8-12-14(17-6-7-20)18-13(19-15(12)21-11)10-4-3-5-16-9-10/h3-5,8-9,20H,2,6-7H2,1H3,(H,17,18,19). The van der Waals surface area contributed by atoms with E-state index in [2.05, 4.69) is 33.3 Å². The van der Waals surface area contributed by atoms with Crippen molar-refractivity contribution in [2.45, 2.75) is 13.3 Å². The minimum absolute atomic E-state index is 0.0680. The molecular formula is C15H16N4OS. The minimum atomic E-state index is 0.0680. The molecule has 0 aromatic carbocycles. The van der Waals surface area contributed by atoms with E-state index in [1.165, 1.54) is 4.88 Å². The summed E-state index contributed by atoms with van der Waals surface area (Å²) in [7, 11) is 0. The van der Waals surface area contributed by atoms with Gasteiger partial charge in [0.1, 0.15) is 10.6 Å². The number of aliphatic hydroxyl groups excluding tert-OH is 1. The van der Waals surface area contributed by atoms with Crippen molar-refractivity contribution < 1.29 is 5.11 Å². The summed E-state index contributed by atoms with van der Waals surface area (Å²) < 4.78 is 0. The topological polar surface area (TPSA) is 70.9 Å². The molecule has 0 atom stereocenters. The third kappa shape index (κ3) is 2.86. The number of thiophene rings is 1. The monoisotopic (exact) mass is 300 g/mol. The lowest BCUT2D eigenvalue weighted by Gasteiger charge is -2.07. The van der Waals surface area contributed by atoms with Gasteiger partial charge in [-0.05, 0) is 24.6 Å². The highest BCUT2D eigenvalue weighted by Gasteiger charge is 2.12. The third-order valence-electron chi connectivity index (χ3n) is 3.12. The number of anilines is 1. The smallest absolute Gasteiger partial charge is 0.164 e. The van der Waals surface area contributed by atoms with Crippen molar-refractivity contribution in [1.29, 1.82) is 0 Å². The van der Waals surface area contributed by atoms with Gasteiger partial charge in [0.15, 0.2) is 5.82 Å². The predicted octanol–water partition coefficient (Wildman–Crippen LogP) is 2.72. The van der Waals surface area contributed by atoms with E-state index < -0.39 is 0 Å². The Morgan fingerprint density at radius 1 is 1.33 bits per heavy atom. The highest BCUT2D eigenvalue weighted by molar-refractivity contribution is 7.18. The highest BCUT2D eigenvalue weighted by Crippen LogP contribution is 2.31. The summed E-state index contributed by atoms with van der Waals surface area (Å²) in [5, 5.41) is 13.2. The van der Waals surface area contributed by atoms with Gasteiger partial charge in [0.25, 0.3) is 0 Å². The van der Waals surface area contributed by atoms with E-state index in [0.717, 1.165) is 28.0 Å². The van der Waals surface area contributed by atoms with Crippen molar-refractivity contribution in [3.8, 4) is 11.4 Å². The fourth-order valence-electron chi connectivity index (χ4n) is 2.08. The molecule has 0 unspecified atom stereocenters. The Kier molecular flexibility index (Phi) is 4.08. The molecule has 0 spiro atoms. The number of rotatable bonds is 5. The van der Waals surface area contributed by atoms with E-state index in [-0.39, 0.29) is 6.61 Å². The van der Waals surface area contributed by atoms with Gasteiger partial charge < -0.3 is 10.4 Å². The summed E-state index contributed by atoms with van der Waals surface area (Å²) in [5.74, 6) is 1.42. The number of hydrogen-bond acceptors (Lipinski definition) is 6. The van der Waals surface area contributed by atoms with Crippen molar-refractivity contribution >= 4 is 27.4 Å². The molecule has 0 aliphatic carbocycles. The van der Waals surface area contributed by atoms with Gasteiger partial charge in [0.05, 0.1) is 12.0 Å². The maximum atomic E-state index is 9.02. The highest BCUT2D eigenvalue weighted by atomic mass is 32.1. The maximum absolute atomic E-state index is 9.02. The Labute approximate surface area is 126 Å². The maximum Gasteiger partial charge on any atom is 0.164 e. The molecule has 5 nitrogen and oxygen atoms in total. The molecule has 6 heteroatoms. The summed E-state index contributed by atoms with van der Waals surface area (Å²) in [6, 6.07) is 5.93. The lowest BCUT2D eigenvalue weighted by atomic mass is 10.2. The molecule has 0 bridgehead atoms. The average Bonchev–Trinajstić information content (AvgIpc) is 2.96. The van der Waals surface area contributed by atoms with E-state index in [1.807, 2.05) is 12.1 Å². The van der Waals surface area contributed by atoms with Gasteiger partial charge in [-0.15, -0.1) is 11.3 Å². The molecule has 0 aliphatic rings. The summed E-state index contributed by atoms with van der Waals surface area (Å²) in [6.45, 7) is 2.66. The molecule has 0 radical (unpaired) electrons. The fraction of sp³-hybridized carbons (Fsp3) is 0.267. The van der Waals surface area contributed by atoms with Crippen LogP contribution in [0.2, 0.25) is 0 Å².